The van der Waals surface area contributed by atoms with Crippen LogP contribution in [0.4, 0.5) is 0 Å². The van der Waals surface area contributed by atoms with E-state index in [2.05, 4.69) is 18.9 Å². The van der Waals surface area contributed by atoms with Gasteiger partial charge in [0.1, 0.15) is 16.8 Å². The van der Waals surface area contributed by atoms with Gasteiger partial charge in [-0.3, -0.25) is 14.3 Å². The molecule has 6 rings (SSSR count). The summed E-state index contributed by atoms with van der Waals surface area (Å²) in [4.78, 5) is 30.6. The minimum Gasteiger partial charge on any atom is -0.497 e. The van der Waals surface area contributed by atoms with Crippen molar-refractivity contribution in [2.45, 2.75) is 19.9 Å². The second kappa shape index (κ2) is 7.08. The van der Waals surface area contributed by atoms with Crippen molar-refractivity contribution in [3.8, 4) is 16.9 Å². The first-order chi connectivity index (χ1) is 16.4. The number of ether oxygens (including phenoxy) is 1. The average Bonchev–Trinajstić information content (AvgIpc) is 3.40. The Morgan fingerprint density at radius 2 is 1.88 bits per heavy atom. The minimum absolute atomic E-state index is 0.119. The van der Waals surface area contributed by atoms with E-state index < -0.39 is 0 Å². The zero-order chi connectivity index (χ0) is 23.7. The maximum atomic E-state index is 13.7. The Morgan fingerprint density at radius 3 is 2.65 bits per heavy atom. The summed E-state index contributed by atoms with van der Waals surface area (Å²) in [7, 11) is 3.35. The minimum atomic E-state index is -0.170. The number of nitrogens with one attached hydrogen (secondary N) is 1. The first-order valence-corrected chi connectivity index (χ1v) is 11.0. The maximum absolute atomic E-state index is 13.7. The normalized spacial score (nSPS) is 12.0. The van der Waals surface area contributed by atoms with Crippen LogP contribution in [0.15, 0.2) is 62.7 Å². The number of pyridine rings is 2. The van der Waals surface area contributed by atoms with Crippen LogP contribution in [-0.2, 0) is 7.05 Å². The van der Waals surface area contributed by atoms with E-state index in [9.17, 15) is 9.59 Å². The van der Waals surface area contributed by atoms with Gasteiger partial charge < -0.3 is 18.8 Å². The Balaban J connectivity index is 1.81. The highest BCUT2D eigenvalue weighted by atomic mass is 16.5. The molecule has 6 aromatic rings. The van der Waals surface area contributed by atoms with Gasteiger partial charge in [-0.05, 0) is 49.6 Å². The molecule has 2 aromatic carbocycles. The van der Waals surface area contributed by atoms with Crippen LogP contribution in [-0.4, -0.2) is 26.4 Å². The smallest absolute Gasteiger partial charge is 0.258 e. The topological polar surface area (TPSA) is 95.1 Å². The molecular weight excluding hydrogens is 432 g/mol. The predicted molar refractivity (Wildman–Crippen MR) is 133 cm³/mol. The summed E-state index contributed by atoms with van der Waals surface area (Å²) in [5.74, 6) is 0.679. The molecule has 0 saturated heterocycles. The number of hydrogen-bond acceptors (Lipinski definition) is 5. The molecule has 0 aliphatic rings. The van der Waals surface area contributed by atoms with E-state index in [1.165, 1.54) is 12.1 Å². The summed E-state index contributed by atoms with van der Waals surface area (Å²) in [6, 6.07) is 12.3. The quantitative estimate of drug-likeness (QED) is 0.417. The second-order valence-corrected chi connectivity index (χ2v) is 8.75. The van der Waals surface area contributed by atoms with Gasteiger partial charge in [0.15, 0.2) is 16.7 Å². The summed E-state index contributed by atoms with van der Waals surface area (Å²) in [6.45, 7) is 4.11. The molecule has 0 unspecified atom stereocenters. The molecule has 8 heteroatoms. The van der Waals surface area contributed by atoms with Gasteiger partial charge >= 0.3 is 0 Å². The van der Waals surface area contributed by atoms with Gasteiger partial charge in [0.25, 0.3) is 5.56 Å². The first kappa shape index (κ1) is 20.3. The number of hydrogen-bond donors (Lipinski definition) is 1. The molecule has 34 heavy (non-hydrogen) atoms. The standard InChI is InChI=1S/C26H22N4O4/c1-13(2)30-25-19(12-27-30)22(24-23(28-25)17-8-6-15(31)10-21(17)34-24)18-9-14-5-7-16(33-4)11-20(14)29(3)26(18)32/h5-13,27H,1-4H3. The van der Waals surface area contributed by atoms with Crippen molar-refractivity contribution >= 4 is 44.0 Å². The van der Waals surface area contributed by atoms with E-state index in [1.807, 2.05) is 35.1 Å². The lowest BCUT2D eigenvalue weighted by Gasteiger charge is -2.12. The molecule has 4 heterocycles. The summed E-state index contributed by atoms with van der Waals surface area (Å²) < 4.78 is 15.1. The van der Waals surface area contributed by atoms with E-state index in [4.69, 9.17) is 14.1 Å². The fourth-order valence-electron chi connectivity index (χ4n) is 4.67. The molecule has 4 aromatic heterocycles. The first-order valence-electron chi connectivity index (χ1n) is 11.0. The average molecular weight is 454 g/mol. The number of furan rings is 1. The molecular formula is C26H22N4O4. The van der Waals surface area contributed by atoms with Gasteiger partial charge in [-0.2, -0.15) is 0 Å². The maximum Gasteiger partial charge on any atom is 0.258 e. The Bertz CT molecular complexity index is 1890. The van der Waals surface area contributed by atoms with Crippen LogP contribution >= 0.6 is 0 Å². The molecule has 0 atom stereocenters. The highest BCUT2D eigenvalue weighted by molar-refractivity contribution is 6.14. The van der Waals surface area contributed by atoms with Crippen LogP contribution in [0.3, 0.4) is 0 Å². The third-order valence-electron chi connectivity index (χ3n) is 6.39. The number of aryl methyl sites for hydroxylation is 1. The number of fused-ring (bicyclic) bond motifs is 5. The zero-order valence-corrected chi connectivity index (χ0v) is 19.2. The lowest BCUT2D eigenvalue weighted by molar-refractivity contribution is 0.415. The molecule has 0 fully saturated rings. The Hall–Kier alpha value is -4.33. The predicted octanol–water partition coefficient (Wildman–Crippen LogP) is 4.73. The van der Waals surface area contributed by atoms with Gasteiger partial charge in [-0.15, -0.1) is 0 Å². The highest BCUT2D eigenvalue weighted by Crippen LogP contribution is 2.39. The molecule has 0 aliphatic carbocycles. The number of methoxy groups -OCH3 is 1. The van der Waals surface area contributed by atoms with E-state index in [0.717, 1.165) is 21.7 Å². The molecule has 8 nitrogen and oxygen atoms in total. The van der Waals surface area contributed by atoms with Crippen molar-refractivity contribution in [2.24, 2.45) is 7.05 Å². The van der Waals surface area contributed by atoms with Gasteiger partial charge in [0.05, 0.1) is 18.2 Å². The van der Waals surface area contributed by atoms with Crippen LogP contribution in [0.5, 0.6) is 5.75 Å². The number of benzene rings is 2. The fourth-order valence-corrected chi connectivity index (χ4v) is 4.67. The largest absolute Gasteiger partial charge is 0.497 e. The van der Waals surface area contributed by atoms with Crippen LogP contribution in [0.1, 0.15) is 19.9 Å². The highest BCUT2D eigenvalue weighted by Gasteiger charge is 2.23. The molecule has 0 amide bonds. The van der Waals surface area contributed by atoms with Crippen LogP contribution < -0.4 is 15.7 Å². The zero-order valence-electron chi connectivity index (χ0n) is 19.2. The second-order valence-electron chi connectivity index (χ2n) is 8.75. The van der Waals surface area contributed by atoms with Crippen molar-refractivity contribution in [3.05, 3.63) is 69.2 Å². The summed E-state index contributed by atoms with van der Waals surface area (Å²) in [5, 5.41) is 5.66. The Morgan fingerprint density at radius 1 is 1.06 bits per heavy atom. The number of rotatable bonds is 3. The Kier molecular flexibility index (Phi) is 4.23. The van der Waals surface area contributed by atoms with Crippen molar-refractivity contribution in [1.29, 1.82) is 0 Å². The van der Waals surface area contributed by atoms with Gasteiger partial charge in [-0.25, -0.2) is 4.98 Å². The van der Waals surface area contributed by atoms with Crippen molar-refractivity contribution in [2.75, 3.05) is 7.11 Å². The number of aromatic amines is 1. The van der Waals surface area contributed by atoms with E-state index in [0.29, 0.717) is 39.2 Å². The lowest BCUT2D eigenvalue weighted by atomic mass is 10.0. The van der Waals surface area contributed by atoms with Crippen molar-refractivity contribution in [1.82, 2.24) is 19.3 Å². The number of aromatic nitrogens is 4. The summed E-state index contributed by atoms with van der Waals surface area (Å²) in [5.41, 5.74) is 3.85. The van der Waals surface area contributed by atoms with Gasteiger partial charge in [0.2, 0.25) is 0 Å². The molecule has 1 N–H and O–H groups in total. The van der Waals surface area contributed by atoms with Gasteiger partial charge in [0, 0.05) is 47.8 Å². The summed E-state index contributed by atoms with van der Waals surface area (Å²) in [6.07, 6.45) is 1.85. The molecule has 0 saturated carbocycles. The number of H-pyrrole nitrogens is 1. The summed E-state index contributed by atoms with van der Waals surface area (Å²) >= 11 is 0. The monoisotopic (exact) mass is 454 g/mol. The fraction of sp³-hybridized carbons (Fsp3) is 0.192. The van der Waals surface area contributed by atoms with Crippen molar-refractivity contribution in [3.63, 3.8) is 0 Å². The molecule has 0 bridgehead atoms. The van der Waals surface area contributed by atoms with E-state index in [-0.39, 0.29) is 17.0 Å². The molecule has 170 valence electrons. The number of nitrogens with zero attached hydrogens (tertiary/aromatic N) is 3. The van der Waals surface area contributed by atoms with Crippen LogP contribution in [0.25, 0.3) is 55.1 Å². The van der Waals surface area contributed by atoms with Crippen LogP contribution in [0, 0.1) is 0 Å². The molecule has 0 aliphatic heterocycles. The van der Waals surface area contributed by atoms with E-state index >= 15 is 0 Å². The van der Waals surface area contributed by atoms with Gasteiger partial charge in [-0.1, -0.05) is 0 Å². The molecule has 0 spiro atoms. The third kappa shape index (κ3) is 2.75. The Labute approximate surface area is 193 Å². The SMILES string of the molecule is COc1ccc2cc(-c3c4c[nH]n(C(C)C)c4nc4c3oc3cc(=O)ccc34)c(=O)n(C)c2c1. The van der Waals surface area contributed by atoms with Crippen LogP contribution in [0.2, 0.25) is 0 Å². The lowest BCUT2D eigenvalue weighted by Crippen LogP contribution is -2.19. The molecule has 0 radical (unpaired) electrons. The van der Waals surface area contributed by atoms with Crippen molar-refractivity contribution < 1.29 is 9.15 Å². The van der Waals surface area contributed by atoms with E-state index in [1.54, 1.807) is 24.8 Å². The third-order valence-corrected chi connectivity index (χ3v) is 6.39.